The lowest BCUT2D eigenvalue weighted by molar-refractivity contribution is -0.144. The Bertz CT molecular complexity index is 197. The Kier molecular flexibility index (Phi) is 4.35. The summed E-state index contributed by atoms with van der Waals surface area (Å²) >= 11 is 0. The fourth-order valence-corrected chi connectivity index (χ4v) is 1.73. The number of carbonyl (C=O) groups excluding carboxylic acids is 1. The van der Waals surface area contributed by atoms with Gasteiger partial charge in [-0.15, -0.1) is 0 Å². The number of piperazine rings is 1. The molecule has 14 heavy (non-hydrogen) atoms. The lowest BCUT2D eigenvalue weighted by Crippen LogP contribution is -2.50. The standard InChI is InChI=1S/C10H20N2O2/c1-4-14-10(13)7-9-8-11(2)5-6-12(9)3/h9H,4-8H2,1-3H3/t9-/m0/s1. The van der Waals surface area contributed by atoms with E-state index in [-0.39, 0.29) is 5.97 Å². The Labute approximate surface area is 85.8 Å². The molecule has 82 valence electrons. The number of likely N-dealkylation sites (N-methyl/N-ethyl adjacent to an activating group) is 2. The molecule has 1 rings (SSSR count). The minimum absolute atomic E-state index is 0.0837. The van der Waals surface area contributed by atoms with Gasteiger partial charge in [0.05, 0.1) is 13.0 Å². The van der Waals surface area contributed by atoms with Gasteiger partial charge in [0.15, 0.2) is 0 Å². The van der Waals surface area contributed by atoms with Crippen LogP contribution in [0.2, 0.25) is 0 Å². The molecule has 0 radical (unpaired) electrons. The molecular weight excluding hydrogens is 180 g/mol. The van der Waals surface area contributed by atoms with Crippen molar-refractivity contribution in [3.63, 3.8) is 0 Å². The highest BCUT2D eigenvalue weighted by atomic mass is 16.5. The maximum Gasteiger partial charge on any atom is 0.307 e. The molecule has 1 saturated heterocycles. The molecule has 4 heteroatoms. The Morgan fingerprint density at radius 2 is 2.14 bits per heavy atom. The van der Waals surface area contributed by atoms with E-state index in [1.54, 1.807) is 0 Å². The molecule has 0 aromatic rings. The monoisotopic (exact) mass is 200 g/mol. The van der Waals surface area contributed by atoms with Gasteiger partial charge in [-0.2, -0.15) is 0 Å². The Morgan fingerprint density at radius 3 is 2.79 bits per heavy atom. The first kappa shape index (κ1) is 11.5. The number of esters is 1. The highest BCUT2D eigenvalue weighted by Gasteiger charge is 2.24. The summed E-state index contributed by atoms with van der Waals surface area (Å²) in [6, 6.07) is 0.313. The molecular formula is C10H20N2O2. The van der Waals surface area contributed by atoms with Gasteiger partial charge in [0.25, 0.3) is 0 Å². The fraction of sp³-hybridized carbons (Fsp3) is 0.900. The van der Waals surface area contributed by atoms with Gasteiger partial charge in [0, 0.05) is 25.7 Å². The molecule has 0 aromatic heterocycles. The van der Waals surface area contributed by atoms with Gasteiger partial charge < -0.3 is 14.5 Å². The topological polar surface area (TPSA) is 32.8 Å². The van der Waals surface area contributed by atoms with E-state index in [0.29, 0.717) is 19.1 Å². The van der Waals surface area contributed by atoms with E-state index in [1.807, 2.05) is 6.92 Å². The smallest absolute Gasteiger partial charge is 0.307 e. The summed E-state index contributed by atoms with van der Waals surface area (Å²) in [5.41, 5.74) is 0. The summed E-state index contributed by atoms with van der Waals surface area (Å²) in [4.78, 5) is 15.8. The van der Waals surface area contributed by atoms with Gasteiger partial charge in [-0.25, -0.2) is 0 Å². The zero-order valence-electron chi connectivity index (χ0n) is 9.32. The van der Waals surface area contributed by atoms with E-state index in [2.05, 4.69) is 23.9 Å². The maximum absolute atomic E-state index is 11.3. The minimum atomic E-state index is -0.0837. The van der Waals surface area contributed by atoms with Gasteiger partial charge in [0.2, 0.25) is 0 Å². The zero-order valence-corrected chi connectivity index (χ0v) is 9.32. The normalized spacial score (nSPS) is 24.9. The Morgan fingerprint density at radius 1 is 1.43 bits per heavy atom. The first-order valence-corrected chi connectivity index (χ1v) is 5.18. The number of hydrogen-bond acceptors (Lipinski definition) is 4. The highest BCUT2D eigenvalue weighted by molar-refractivity contribution is 5.70. The van der Waals surface area contributed by atoms with Crippen molar-refractivity contribution in [2.75, 3.05) is 40.3 Å². The molecule has 0 aliphatic carbocycles. The molecule has 1 heterocycles. The molecule has 0 amide bonds. The summed E-state index contributed by atoms with van der Waals surface area (Å²) < 4.78 is 4.94. The molecule has 4 nitrogen and oxygen atoms in total. The van der Waals surface area contributed by atoms with Gasteiger partial charge in [-0.05, 0) is 21.0 Å². The van der Waals surface area contributed by atoms with E-state index in [1.165, 1.54) is 0 Å². The van der Waals surface area contributed by atoms with Crippen LogP contribution in [-0.2, 0) is 9.53 Å². The number of rotatable bonds is 3. The number of nitrogens with zero attached hydrogens (tertiary/aromatic N) is 2. The van der Waals surface area contributed by atoms with Crippen molar-refractivity contribution in [1.82, 2.24) is 9.80 Å². The van der Waals surface area contributed by atoms with Crippen LogP contribution in [0.4, 0.5) is 0 Å². The van der Waals surface area contributed by atoms with Gasteiger partial charge >= 0.3 is 5.97 Å². The molecule has 1 aliphatic rings. The predicted molar refractivity (Wildman–Crippen MR) is 55.2 cm³/mol. The van der Waals surface area contributed by atoms with Crippen molar-refractivity contribution >= 4 is 5.97 Å². The summed E-state index contributed by atoms with van der Waals surface area (Å²) in [7, 11) is 4.15. The molecule has 0 saturated carbocycles. The Balaban J connectivity index is 2.37. The van der Waals surface area contributed by atoms with Crippen LogP contribution in [0.1, 0.15) is 13.3 Å². The second-order valence-corrected chi connectivity index (χ2v) is 3.91. The molecule has 0 aromatic carbocycles. The molecule has 1 fully saturated rings. The first-order chi connectivity index (χ1) is 6.63. The third-order valence-corrected chi connectivity index (χ3v) is 2.69. The zero-order chi connectivity index (χ0) is 10.6. The lowest BCUT2D eigenvalue weighted by Gasteiger charge is -2.37. The van der Waals surface area contributed by atoms with Gasteiger partial charge in [-0.3, -0.25) is 4.79 Å². The van der Waals surface area contributed by atoms with Crippen molar-refractivity contribution in [3.05, 3.63) is 0 Å². The summed E-state index contributed by atoms with van der Waals surface area (Å²) in [6.45, 7) is 5.38. The molecule has 0 bridgehead atoms. The average molecular weight is 200 g/mol. The predicted octanol–water partition coefficient (Wildman–Crippen LogP) is 0.185. The van der Waals surface area contributed by atoms with Crippen molar-refractivity contribution in [3.8, 4) is 0 Å². The number of carbonyl (C=O) groups is 1. The number of hydrogen-bond donors (Lipinski definition) is 0. The van der Waals surface area contributed by atoms with Crippen molar-refractivity contribution in [1.29, 1.82) is 0 Å². The second-order valence-electron chi connectivity index (χ2n) is 3.91. The molecule has 1 aliphatic heterocycles. The third kappa shape index (κ3) is 3.27. The van der Waals surface area contributed by atoms with Crippen LogP contribution in [0.15, 0.2) is 0 Å². The van der Waals surface area contributed by atoms with Crippen molar-refractivity contribution < 1.29 is 9.53 Å². The molecule has 0 spiro atoms. The quantitative estimate of drug-likeness (QED) is 0.609. The van der Waals surface area contributed by atoms with Gasteiger partial charge in [-0.1, -0.05) is 0 Å². The van der Waals surface area contributed by atoms with E-state index >= 15 is 0 Å². The van der Waals surface area contributed by atoms with Crippen molar-refractivity contribution in [2.45, 2.75) is 19.4 Å². The van der Waals surface area contributed by atoms with Crippen LogP contribution in [0, 0.1) is 0 Å². The van der Waals surface area contributed by atoms with E-state index in [0.717, 1.165) is 19.6 Å². The summed E-state index contributed by atoms with van der Waals surface area (Å²) in [5.74, 6) is -0.0837. The maximum atomic E-state index is 11.3. The molecule has 1 atom stereocenters. The fourth-order valence-electron chi connectivity index (χ4n) is 1.73. The average Bonchev–Trinajstić information content (AvgIpc) is 2.12. The highest BCUT2D eigenvalue weighted by Crippen LogP contribution is 2.10. The minimum Gasteiger partial charge on any atom is -0.466 e. The van der Waals surface area contributed by atoms with Crippen LogP contribution in [0.3, 0.4) is 0 Å². The van der Waals surface area contributed by atoms with Crippen LogP contribution < -0.4 is 0 Å². The van der Waals surface area contributed by atoms with Gasteiger partial charge in [0.1, 0.15) is 0 Å². The molecule has 0 unspecified atom stereocenters. The lowest BCUT2D eigenvalue weighted by atomic mass is 10.1. The van der Waals surface area contributed by atoms with E-state index in [9.17, 15) is 4.79 Å². The molecule has 0 N–H and O–H groups in total. The van der Waals surface area contributed by atoms with E-state index in [4.69, 9.17) is 4.74 Å². The largest absolute Gasteiger partial charge is 0.466 e. The van der Waals surface area contributed by atoms with E-state index < -0.39 is 0 Å². The second kappa shape index (κ2) is 5.32. The summed E-state index contributed by atoms with van der Waals surface area (Å²) in [5, 5.41) is 0. The number of ether oxygens (including phenoxy) is 1. The van der Waals surface area contributed by atoms with Crippen LogP contribution >= 0.6 is 0 Å². The van der Waals surface area contributed by atoms with Crippen LogP contribution in [0.5, 0.6) is 0 Å². The third-order valence-electron chi connectivity index (χ3n) is 2.69. The Hall–Kier alpha value is -0.610. The summed E-state index contributed by atoms with van der Waals surface area (Å²) in [6.07, 6.45) is 0.509. The first-order valence-electron chi connectivity index (χ1n) is 5.18. The van der Waals surface area contributed by atoms with Crippen LogP contribution in [0.25, 0.3) is 0 Å². The van der Waals surface area contributed by atoms with Crippen molar-refractivity contribution in [2.24, 2.45) is 0 Å². The van der Waals surface area contributed by atoms with Crippen LogP contribution in [-0.4, -0.2) is 62.1 Å². The SMILES string of the molecule is CCOC(=O)C[C@H]1CN(C)CCN1C.